The van der Waals surface area contributed by atoms with Crippen molar-refractivity contribution in [1.82, 2.24) is 5.32 Å². The lowest BCUT2D eigenvalue weighted by molar-refractivity contribution is -0.122. The summed E-state index contributed by atoms with van der Waals surface area (Å²) < 4.78 is 11.5. The van der Waals surface area contributed by atoms with E-state index in [0.717, 1.165) is 21.2 Å². The lowest BCUT2D eigenvalue weighted by atomic mass is 9.99. The Morgan fingerprint density at radius 3 is 2.38 bits per heavy atom. The van der Waals surface area contributed by atoms with Gasteiger partial charge in [-0.05, 0) is 64.9 Å². The summed E-state index contributed by atoms with van der Waals surface area (Å²) in [7, 11) is 0. The molecule has 39 heavy (non-hydrogen) atoms. The smallest absolute Gasteiger partial charge is 0.335 e. The van der Waals surface area contributed by atoms with Crippen LogP contribution < -0.4 is 19.7 Å². The molecule has 0 saturated carbocycles. The molecule has 7 nitrogen and oxygen atoms in total. The Hall–Kier alpha value is -5.06. The van der Waals surface area contributed by atoms with Gasteiger partial charge in [-0.15, -0.1) is 6.42 Å². The number of hydrogen-bond donors (Lipinski definition) is 1. The molecule has 4 amide bonds. The summed E-state index contributed by atoms with van der Waals surface area (Å²) in [6.07, 6.45) is 6.79. The van der Waals surface area contributed by atoms with Gasteiger partial charge in [0.1, 0.15) is 30.3 Å². The van der Waals surface area contributed by atoms with Gasteiger partial charge in [-0.1, -0.05) is 60.0 Å². The number of nitrogens with zero attached hydrogens (tertiary/aromatic N) is 1. The average molecular weight is 537 g/mol. The van der Waals surface area contributed by atoms with Crippen LogP contribution in [0.5, 0.6) is 11.5 Å². The summed E-state index contributed by atoms with van der Waals surface area (Å²) in [6.45, 7) is 0.321. The van der Waals surface area contributed by atoms with Crippen molar-refractivity contribution in [2.75, 3.05) is 11.5 Å². The fraction of sp³-hybridized carbons (Fsp3) is 0.0645. The maximum atomic E-state index is 13.5. The van der Waals surface area contributed by atoms with Gasteiger partial charge >= 0.3 is 6.03 Å². The molecule has 5 rings (SSSR count). The first-order chi connectivity index (χ1) is 18.9. The Labute approximate surface area is 229 Å². The molecule has 0 spiro atoms. The van der Waals surface area contributed by atoms with E-state index in [2.05, 4.69) is 11.2 Å². The number of nitrogens with one attached hydrogen (secondary N) is 1. The van der Waals surface area contributed by atoms with Crippen LogP contribution in [0.3, 0.4) is 0 Å². The first kappa shape index (κ1) is 25.6. The highest BCUT2D eigenvalue weighted by Crippen LogP contribution is 2.32. The fourth-order valence-electron chi connectivity index (χ4n) is 4.14. The van der Waals surface area contributed by atoms with Crippen molar-refractivity contribution in [2.45, 2.75) is 6.61 Å². The fourth-order valence-corrected chi connectivity index (χ4v) is 4.27. The number of ether oxygens (including phenoxy) is 2. The second-order valence-corrected chi connectivity index (χ2v) is 8.99. The van der Waals surface area contributed by atoms with E-state index >= 15 is 0 Å². The third-order valence-electron chi connectivity index (χ3n) is 6.05. The molecule has 0 aromatic heterocycles. The van der Waals surface area contributed by atoms with Gasteiger partial charge in [-0.3, -0.25) is 14.9 Å². The summed E-state index contributed by atoms with van der Waals surface area (Å²) >= 11 is 5.92. The van der Waals surface area contributed by atoms with Crippen molar-refractivity contribution in [3.63, 3.8) is 0 Å². The highest BCUT2D eigenvalue weighted by Gasteiger charge is 2.37. The van der Waals surface area contributed by atoms with Gasteiger partial charge in [-0.2, -0.15) is 0 Å². The van der Waals surface area contributed by atoms with Gasteiger partial charge in [0.15, 0.2) is 0 Å². The van der Waals surface area contributed by atoms with Gasteiger partial charge in [0.2, 0.25) is 0 Å². The molecule has 0 atom stereocenters. The number of benzene rings is 4. The molecule has 1 heterocycles. The van der Waals surface area contributed by atoms with Crippen molar-refractivity contribution >= 4 is 52.0 Å². The third-order valence-corrected chi connectivity index (χ3v) is 6.30. The van der Waals surface area contributed by atoms with Crippen LogP contribution in [-0.4, -0.2) is 24.5 Å². The zero-order chi connectivity index (χ0) is 27.4. The second kappa shape index (κ2) is 11.1. The van der Waals surface area contributed by atoms with Crippen molar-refractivity contribution in [1.29, 1.82) is 0 Å². The molecule has 192 valence electrons. The van der Waals surface area contributed by atoms with E-state index in [-0.39, 0.29) is 17.9 Å². The Bertz CT molecular complexity index is 1650. The quantitative estimate of drug-likeness (QED) is 0.185. The summed E-state index contributed by atoms with van der Waals surface area (Å²) in [5.41, 5.74) is 1.49. The predicted molar refractivity (Wildman–Crippen MR) is 150 cm³/mol. The summed E-state index contributed by atoms with van der Waals surface area (Å²) in [6, 6.07) is 23.9. The van der Waals surface area contributed by atoms with Gasteiger partial charge in [0, 0.05) is 10.6 Å². The molecule has 4 aromatic carbocycles. The van der Waals surface area contributed by atoms with Crippen molar-refractivity contribution < 1.29 is 23.9 Å². The highest BCUT2D eigenvalue weighted by atomic mass is 35.5. The first-order valence-corrected chi connectivity index (χ1v) is 12.3. The van der Waals surface area contributed by atoms with Crippen LogP contribution in [0.15, 0.2) is 90.5 Å². The summed E-state index contributed by atoms with van der Waals surface area (Å²) in [5.74, 6) is 1.79. The van der Waals surface area contributed by atoms with Crippen LogP contribution in [0, 0.1) is 12.3 Å². The first-order valence-electron chi connectivity index (χ1n) is 11.9. The van der Waals surface area contributed by atoms with Crippen molar-refractivity contribution in [3.05, 3.63) is 107 Å². The number of fused-ring (bicyclic) bond motifs is 1. The van der Waals surface area contributed by atoms with E-state index in [4.69, 9.17) is 27.5 Å². The number of carbonyl (C=O) groups excluding carboxylic acids is 3. The number of imide groups is 2. The number of rotatable bonds is 7. The number of halogens is 1. The molecule has 0 bridgehead atoms. The number of barbiturate groups is 1. The number of urea groups is 1. The minimum Gasteiger partial charge on any atom is -0.489 e. The molecule has 1 fully saturated rings. The lowest BCUT2D eigenvalue weighted by Gasteiger charge is -2.26. The van der Waals surface area contributed by atoms with E-state index in [1.54, 1.807) is 42.5 Å². The summed E-state index contributed by atoms with van der Waals surface area (Å²) in [4.78, 5) is 39.9. The van der Waals surface area contributed by atoms with E-state index < -0.39 is 17.8 Å². The monoisotopic (exact) mass is 536 g/mol. The molecule has 8 heteroatoms. The molecule has 1 aliphatic rings. The third kappa shape index (κ3) is 5.47. The Balaban J connectivity index is 1.44. The molecular formula is C31H21ClN2O5. The molecule has 1 aliphatic heterocycles. The Kier molecular flexibility index (Phi) is 7.30. The van der Waals surface area contributed by atoms with Crippen LogP contribution in [0.1, 0.15) is 11.1 Å². The maximum absolute atomic E-state index is 13.5. The maximum Gasteiger partial charge on any atom is 0.335 e. The van der Waals surface area contributed by atoms with Gasteiger partial charge in [0.25, 0.3) is 11.8 Å². The van der Waals surface area contributed by atoms with Crippen LogP contribution >= 0.6 is 11.6 Å². The SMILES string of the molecule is C#CCOc1ccc2ccccc2c1/C=C1\C(=O)NC(=O)N(c2ccc(OCc3ccc(Cl)cc3)cc2)C1=O. The van der Waals surface area contributed by atoms with Crippen LogP contribution in [0.4, 0.5) is 10.5 Å². The van der Waals surface area contributed by atoms with Gasteiger partial charge < -0.3 is 9.47 Å². The number of hydrogen-bond acceptors (Lipinski definition) is 5. The molecule has 0 radical (unpaired) electrons. The van der Waals surface area contributed by atoms with Gasteiger partial charge in [0.05, 0.1) is 5.69 Å². The number of amides is 4. The van der Waals surface area contributed by atoms with Crippen molar-refractivity contribution in [3.8, 4) is 23.8 Å². The molecule has 0 aliphatic carbocycles. The molecular weight excluding hydrogens is 516 g/mol. The Morgan fingerprint density at radius 2 is 1.64 bits per heavy atom. The van der Waals surface area contributed by atoms with E-state index in [0.29, 0.717) is 28.7 Å². The average Bonchev–Trinajstić information content (AvgIpc) is 2.94. The lowest BCUT2D eigenvalue weighted by Crippen LogP contribution is -2.54. The normalized spacial score (nSPS) is 14.3. The van der Waals surface area contributed by atoms with Gasteiger partial charge in [-0.25, -0.2) is 9.69 Å². The molecule has 4 aromatic rings. The number of anilines is 1. The van der Waals surface area contributed by atoms with Crippen LogP contribution in [-0.2, 0) is 16.2 Å². The predicted octanol–water partition coefficient (Wildman–Crippen LogP) is 5.75. The van der Waals surface area contributed by atoms with E-state index in [1.165, 1.54) is 6.08 Å². The van der Waals surface area contributed by atoms with E-state index in [1.807, 2.05) is 42.5 Å². The summed E-state index contributed by atoms with van der Waals surface area (Å²) in [5, 5.41) is 4.52. The van der Waals surface area contributed by atoms with Crippen LogP contribution in [0.2, 0.25) is 5.02 Å². The second-order valence-electron chi connectivity index (χ2n) is 8.56. The molecule has 1 saturated heterocycles. The minimum absolute atomic E-state index is 0.00566. The number of carbonyl (C=O) groups is 3. The zero-order valence-electron chi connectivity index (χ0n) is 20.5. The zero-order valence-corrected chi connectivity index (χ0v) is 21.3. The van der Waals surface area contributed by atoms with Crippen LogP contribution in [0.25, 0.3) is 16.8 Å². The minimum atomic E-state index is -0.848. The largest absolute Gasteiger partial charge is 0.489 e. The highest BCUT2D eigenvalue weighted by molar-refractivity contribution is 6.39. The molecule has 0 unspecified atom stereocenters. The topological polar surface area (TPSA) is 84.9 Å². The van der Waals surface area contributed by atoms with Crippen molar-refractivity contribution in [2.24, 2.45) is 0 Å². The number of terminal acetylenes is 1. The Morgan fingerprint density at radius 1 is 0.897 bits per heavy atom. The standard InChI is InChI=1S/C31H21ClN2O5/c1-2-17-38-28-16-9-21-5-3-4-6-25(21)26(28)18-27-29(35)33-31(37)34(30(27)36)23-12-14-24(15-13-23)39-19-20-7-10-22(32)11-8-20/h1,3-16,18H,17,19H2,(H,33,35,37)/b27-18+. The van der Waals surface area contributed by atoms with E-state index in [9.17, 15) is 14.4 Å². The molecule has 1 N–H and O–H groups in total.